The van der Waals surface area contributed by atoms with E-state index in [9.17, 15) is 14.4 Å². The summed E-state index contributed by atoms with van der Waals surface area (Å²) in [4.78, 5) is 34.6. The molecule has 0 aromatic rings. The standard InChI is InChI=1S/C12H20O4/c1-5-10(13)9(12(15)16-6-2)7-11(14)8(3)4/h8-9H,5-7H2,1-4H3. The highest BCUT2D eigenvalue weighted by Crippen LogP contribution is 2.13. The van der Waals surface area contributed by atoms with Crippen LogP contribution >= 0.6 is 0 Å². The molecule has 92 valence electrons. The third-order valence-electron chi connectivity index (χ3n) is 2.36. The molecule has 4 heteroatoms. The average molecular weight is 228 g/mol. The number of hydrogen-bond donors (Lipinski definition) is 0. The first kappa shape index (κ1) is 14.8. The molecule has 0 heterocycles. The number of hydrogen-bond acceptors (Lipinski definition) is 4. The first-order chi connectivity index (χ1) is 7.43. The van der Waals surface area contributed by atoms with Gasteiger partial charge in [0.15, 0.2) is 0 Å². The number of carbonyl (C=O) groups excluding carboxylic acids is 3. The van der Waals surface area contributed by atoms with Gasteiger partial charge in [0, 0.05) is 18.8 Å². The van der Waals surface area contributed by atoms with Gasteiger partial charge in [0.05, 0.1) is 6.61 Å². The van der Waals surface area contributed by atoms with E-state index in [1.807, 2.05) is 0 Å². The van der Waals surface area contributed by atoms with E-state index in [-0.39, 0.29) is 36.9 Å². The first-order valence-electron chi connectivity index (χ1n) is 5.66. The van der Waals surface area contributed by atoms with E-state index in [1.54, 1.807) is 27.7 Å². The number of Topliss-reactive ketones (excluding diaryl/α,β-unsaturated/α-hetero) is 2. The molecule has 0 amide bonds. The van der Waals surface area contributed by atoms with Gasteiger partial charge < -0.3 is 4.74 Å². The average Bonchev–Trinajstić information content (AvgIpc) is 2.24. The van der Waals surface area contributed by atoms with E-state index in [4.69, 9.17) is 4.74 Å². The molecule has 0 rings (SSSR count). The van der Waals surface area contributed by atoms with Gasteiger partial charge in [0.1, 0.15) is 17.5 Å². The van der Waals surface area contributed by atoms with Crippen LogP contribution in [0.15, 0.2) is 0 Å². The molecule has 0 spiro atoms. The fourth-order valence-corrected chi connectivity index (χ4v) is 1.25. The van der Waals surface area contributed by atoms with Crippen molar-refractivity contribution in [1.29, 1.82) is 0 Å². The summed E-state index contributed by atoms with van der Waals surface area (Å²) in [5, 5.41) is 0. The number of rotatable bonds is 7. The summed E-state index contributed by atoms with van der Waals surface area (Å²) in [6.45, 7) is 7.08. The van der Waals surface area contributed by atoms with Crippen molar-refractivity contribution in [1.82, 2.24) is 0 Å². The molecular weight excluding hydrogens is 208 g/mol. The maximum atomic E-state index is 11.5. The largest absolute Gasteiger partial charge is 0.465 e. The quantitative estimate of drug-likeness (QED) is 0.492. The predicted molar refractivity (Wildman–Crippen MR) is 59.9 cm³/mol. The molecule has 16 heavy (non-hydrogen) atoms. The van der Waals surface area contributed by atoms with Gasteiger partial charge in [-0.15, -0.1) is 0 Å². The van der Waals surface area contributed by atoms with Gasteiger partial charge >= 0.3 is 5.97 Å². The summed E-state index contributed by atoms with van der Waals surface area (Å²) in [6.07, 6.45) is 0.206. The highest BCUT2D eigenvalue weighted by molar-refractivity contribution is 6.02. The summed E-state index contributed by atoms with van der Waals surface area (Å²) in [5.41, 5.74) is 0. The van der Waals surface area contributed by atoms with Crippen LogP contribution < -0.4 is 0 Å². The molecule has 0 saturated heterocycles. The second kappa shape index (κ2) is 7.14. The summed E-state index contributed by atoms with van der Waals surface area (Å²) in [6, 6.07) is 0. The van der Waals surface area contributed by atoms with Crippen LogP contribution in [0.2, 0.25) is 0 Å². The molecule has 0 aliphatic carbocycles. The van der Waals surface area contributed by atoms with Crippen LogP contribution in [-0.4, -0.2) is 24.1 Å². The maximum absolute atomic E-state index is 11.5. The van der Waals surface area contributed by atoms with Gasteiger partial charge in [-0.3, -0.25) is 14.4 Å². The predicted octanol–water partition coefficient (Wildman–Crippen LogP) is 1.76. The summed E-state index contributed by atoms with van der Waals surface area (Å²) >= 11 is 0. The van der Waals surface area contributed by atoms with Crippen LogP contribution in [0.3, 0.4) is 0 Å². The number of ketones is 2. The number of esters is 1. The van der Waals surface area contributed by atoms with Crippen molar-refractivity contribution in [3.8, 4) is 0 Å². The minimum atomic E-state index is -0.917. The number of ether oxygens (including phenoxy) is 1. The molecule has 0 bridgehead atoms. The highest BCUT2D eigenvalue weighted by atomic mass is 16.5. The lowest BCUT2D eigenvalue weighted by molar-refractivity contribution is -0.153. The molecule has 0 radical (unpaired) electrons. The molecule has 0 fully saturated rings. The lowest BCUT2D eigenvalue weighted by Gasteiger charge is -2.14. The SMILES string of the molecule is CCOC(=O)C(CC(=O)C(C)C)C(=O)CC. The summed E-state index contributed by atoms with van der Waals surface area (Å²) in [7, 11) is 0. The lowest BCUT2D eigenvalue weighted by Crippen LogP contribution is -2.29. The Balaban J connectivity index is 4.62. The maximum Gasteiger partial charge on any atom is 0.316 e. The summed E-state index contributed by atoms with van der Waals surface area (Å²) < 4.78 is 4.80. The molecule has 0 aromatic carbocycles. The van der Waals surface area contributed by atoms with Crippen molar-refractivity contribution in [3.05, 3.63) is 0 Å². The van der Waals surface area contributed by atoms with E-state index in [0.29, 0.717) is 0 Å². The monoisotopic (exact) mass is 228 g/mol. The zero-order valence-electron chi connectivity index (χ0n) is 10.4. The van der Waals surface area contributed by atoms with Crippen molar-refractivity contribution < 1.29 is 19.1 Å². The number of carbonyl (C=O) groups is 3. The van der Waals surface area contributed by atoms with Gasteiger partial charge in [0.25, 0.3) is 0 Å². The molecule has 0 N–H and O–H groups in total. The van der Waals surface area contributed by atoms with Gasteiger partial charge in [-0.25, -0.2) is 0 Å². The van der Waals surface area contributed by atoms with Gasteiger partial charge in [-0.2, -0.15) is 0 Å². The molecule has 0 aliphatic rings. The van der Waals surface area contributed by atoms with Crippen LogP contribution in [0.5, 0.6) is 0 Å². The van der Waals surface area contributed by atoms with Crippen LogP contribution in [0.1, 0.15) is 40.5 Å². The zero-order chi connectivity index (χ0) is 12.7. The van der Waals surface area contributed by atoms with Crippen LogP contribution in [-0.2, 0) is 19.1 Å². The fraction of sp³-hybridized carbons (Fsp3) is 0.750. The Labute approximate surface area is 96.4 Å². The Morgan fingerprint density at radius 2 is 1.62 bits per heavy atom. The smallest absolute Gasteiger partial charge is 0.316 e. The Morgan fingerprint density at radius 3 is 2.00 bits per heavy atom. The molecule has 4 nitrogen and oxygen atoms in total. The second-order valence-corrected chi connectivity index (χ2v) is 3.95. The highest BCUT2D eigenvalue weighted by Gasteiger charge is 2.29. The summed E-state index contributed by atoms with van der Waals surface area (Å²) in [5.74, 6) is -1.97. The van der Waals surface area contributed by atoms with E-state index >= 15 is 0 Å². The van der Waals surface area contributed by atoms with Crippen LogP contribution in [0, 0.1) is 11.8 Å². The zero-order valence-corrected chi connectivity index (χ0v) is 10.4. The lowest BCUT2D eigenvalue weighted by atomic mass is 9.92. The van der Waals surface area contributed by atoms with Crippen LogP contribution in [0.25, 0.3) is 0 Å². The van der Waals surface area contributed by atoms with Crippen molar-refractivity contribution in [2.75, 3.05) is 6.61 Å². The Kier molecular flexibility index (Phi) is 6.61. The normalized spacial score (nSPS) is 12.3. The third-order valence-corrected chi connectivity index (χ3v) is 2.36. The minimum absolute atomic E-state index is 0.0385. The van der Waals surface area contributed by atoms with E-state index in [0.717, 1.165) is 0 Å². The Morgan fingerprint density at radius 1 is 1.06 bits per heavy atom. The van der Waals surface area contributed by atoms with E-state index in [2.05, 4.69) is 0 Å². The molecule has 0 aliphatic heterocycles. The Bertz CT molecular complexity index is 268. The topological polar surface area (TPSA) is 60.4 Å². The second-order valence-electron chi connectivity index (χ2n) is 3.95. The molecule has 0 saturated carbocycles. The molecular formula is C12H20O4. The molecule has 1 atom stereocenters. The van der Waals surface area contributed by atoms with Gasteiger partial charge in [-0.05, 0) is 6.92 Å². The third kappa shape index (κ3) is 4.55. The fourth-order valence-electron chi connectivity index (χ4n) is 1.25. The molecule has 0 aromatic heterocycles. The minimum Gasteiger partial charge on any atom is -0.465 e. The van der Waals surface area contributed by atoms with Crippen molar-refractivity contribution in [2.45, 2.75) is 40.5 Å². The van der Waals surface area contributed by atoms with Crippen molar-refractivity contribution >= 4 is 17.5 Å². The van der Waals surface area contributed by atoms with Gasteiger partial charge in [-0.1, -0.05) is 20.8 Å². The Hall–Kier alpha value is -1.19. The van der Waals surface area contributed by atoms with Gasteiger partial charge in [0.2, 0.25) is 0 Å². The van der Waals surface area contributed by atoms with Crippen LogP contribution in [0.4, 0.5) is 0 Å². The first-order valence-corrected chi connectivity index (χ1v) is 5.66. The van der Waals surface area contributed by atoms with Crippen molar-refractivity contribution in [2.24, 2.45) is 11.8 Å². The van der Waals surface area contributed by atoms with Crippen molar-refractivity contribution in [3.63, 3.8) is 0 Å². The van der Waals surface area contributed by atoms with E-state index in [1.165, 1.54) is 0 Å². The molecule has 1 unspecified atom stereocenters. The van der Waals surface area contributed by atoms with E-state index < -0.39 is 11.9 Å².